The smallest absolute Gasteiger partial charge is 0.169 e. The molecule has 2 aromatic rings. The molecule has 1 aromatic heterocycles. The summed E-state index contributed by atoms with van der Waals surface area (Å²) in [7, 11) is 1.63. The Hall–Kier alpha value is -1.46. The van der Waals surface area contributed by atoms with E-state index in [1.807, 2.05) is 36.4 Å². The molecule has 0 fully saturated rings. The molecule has 0 aliphatic rings. The Balaban J connectivity index is 1.90. The first kappa shape index (κ1) is 13.0. The predicted octanol–water partition coefficient (Wildman–Crippen LogP) is 3.13. The Morgan fingerprint density at radius 2 is 1.83 bits per heavy atom. The lowest BCUT2D eigenvalue weighted by atomic mass is 10.2. The van der Waals surface area contributed by atoms with Gasteiger partial charge in [0.2, 0.25) is 0 Å². The van der Waals surface area contributed by atoms with Gasteiger partial charge in [-0.15, -0.1) is 0 Å². The summed E-state index contributed by atoms with van der Waals surface area (Å²) in [6, 6.07) is 10.7. The summed E-state index contributed by atoms with van der Waals surface area (Å²) in [5, 5.41) is 0. The van der Waals surface area contributed by atoms with Gasteiger partial charge in [0, 0.05) is 0 Å². The Kier molecular flexibility index (Phi) is 4.28. The van der Waals surface area contributed by atoms with Crippen LogP contribution >= 0.6 is 15.9 Å². The minimum Gasteiger partial charge on any atom is -0.497 e. The lowest BCUT2D eigenvalue weighted by molar-refractivity contribution is 0.271. The van der Waals surface area contributed by atoms with Gasteiger partial charge in [0.05, 0.1) is 13.2 Å². The molecular formula is C13H14BrNO3. The molecule has 1 unspecified atom stereocenters. The number of ether oxygens (including phenoxy) is 2. The van der Waals surface area contributed by atoms with Gasteiger partial charge in [-0.05, 0) is 52.3 Å². The molecule has 18 heavy (non-hydrogen) atoms. The number of benzene rings is 1. The highest BCUT2D eigenvalue weighted by Crippen LogP contribution is 2.21. The number of nitrogens with two attached hydrogens (primary N) is 1. The third-order valence-electron chi connectivity index (χ3n) is 2.45. The zero-order valence-electron chi connectivity index (χ0n) is 9.93. The standard InChI is InChI=1S/C13H14BrNO3/c1-16-9-2-4-10(5-3-9)17-8-11(15)12-6-7-13(14)18-12/h2-7,11H,8,15H2,1H3. The Bertz CT molecular complexity index is 495. The van der Waals surface area contributed by atoms with Crippen molar-refractivity contribution in [3.8, 4) is 11.5 Å². The van der Waals surface area contributed by atoms with Crippen molar-refractivity contribution in [2.45, 2.75) is 6.04 Å². The van der Waals surface area contributed by atoms with Crippen molar-refractivity contribution in [2.75, 3.05) is 13.7 Å². The maximum Gasteiger partial charge on any atom is 0.169 e. The Labute approximate surface area is 114 Å². The molecule has 0 aliphatic heterocycles. The van der Waals surface area contributed by atoms with Gasteiger partial charge in [-0.1, -0.05) is 0 Å². The number of halogens is 1. The summed E-state index contributed by atoms with van der Waals surface area (Å²) in [5.74, 6) is 2.23. The summed E-state index contributed by atoms with van der Waals surface area (Å²) >= 11 is 3.24. The topological polar surface area (TPSA) is 57.6 Å². The normalized spacial score (nSPS) is 12.2. The second kappa shape index (κ2) is 5.93. The molecule has 1 aromatic carbocycles. The van der Waals surface area contributed by atoms with Gasteiger partial charge in [-0.2, -0.15) is 0 Å². The molecule has 96 valence electrons. The van der Waals surface area contributed by atoms with Gasteiger partial charge < -0.3 is 19.6 Å². The Morgan fingerprint density at radius 1 is 1.17 bits per heavy atom. The van der Waals surface area contributed by atoms with Crippen molar-refractivity contribution in [3.63, 3.8) is 0 Å². The van der Waals surface area contributed by atoms with Crippen LogP contribution in [0.15, 0.2) is 45.5 Å². The van der Waals surface area contributed by atoms with Crippen LogP contribution in [0.25, 0.3) is 0 Å². The van der Waals surface area contributed by atoms with E-state index in [-0.39, 0.29) is 6.04 Å². The molecule has 0 saturated carbocycles. The molecule has 2 rings (SSSR count). The van der Waals surface area contributed by atoms with E-state index in [9.17, 15) is 0 Å². The third kappa shape index (κ3) is 3.27. The van der Waals surface area contributed by atoms with Crippen molar-refractivity contribution in [1.82, 2.24) is 0 Å². The zero-order chi connectivity index (χ0) is 13.0. The van der Waals surface area contributed by atoms with Crippen LogP contribution in [0, 0.1) is 0 Å². The van der Waals surface area contributed by atoms with E-state index in [0.29, 0.717) is 17.0 Å². The third-order valence-corrected chi connectivity index (χ3v) is 2.87. The molecule has 1 heterocycles. The van der Waals surface area contributed by atoms with E-state index < -0.39 is 0 Å². The zero-order valence-corrected chi connectivity index (χ0v) is 11.5. The number of hydrogen-bond acceptors (Lipinski definition) is 4. The Morgan fingerprint density at radius 3 is 2.39 bits per heavy atom. The van der Waals surface area contributed by atoms with Crippen molar-refractivity contribution < 1.29 is 13.9 Å². The van der Waals surface area contributed by atoms with Crippen LogP contribution < -0.4 is 15.2 Å². The first-order valence-corrected chi connectivity index (χ1v) is 6.26. The molecule has 5 heteroatoms. The summed E-state index contributed by atoms with van der Waals surface area (Å²) in [6.07, 6.45) is 0. The SMILES string of the molecule is COc1ccc(OCC(N)c2ccc(Br)o2)cc1. The van der Waals surface area contributed by atoms with Crippen molar-refractivity contribution in [1.29, 1.82) is 0 Å². The van der Waals surface area contributed by atoms with Gasteiger partial charge >= 0.3 is 0 Å². The van der Waals surface area contributed by atoms with Crippen LogP contribution in [0.3, 0.4) is 0 Å². The summed E-state index contributed by atoms with van der Waals surface area (Å²) in [4.78, 5) is 0. The average molecular weight is 312 g/mol. The van der Waals surface area contributed by atoms with Crippen LogP contribution in [0.5, 0.6) is 11.5 Å². The van der Waals surface area contributed by atoms with Gasteiger partial charge in [-0.3, -0.25) is 0 Å². The van der Waals surface area contributed by atoms with Gasteiger partial charge in [0.15, 0.2) is 4.67 Å². The maximum atomic E-state index is 5.95. The van der Waals surface area contributed by atoms with E-state index >= 15 is 0 Å². The number of methoxy groups -OCH3 is 1. The first-order chi connectivity index (χ1) is 8.69. The predicted molar refractivity (Wildman–Crippen MR) is 71.8 cm³/mol. The molecule has 0 saturated heterocycles. The lowest BCUT2D eigenvalue weighted by Crippen LogP contribution is -2.18. The highest BCUT2D eigenvalue weighted by molar-refractivity contribution is 9.10. The molecule has 0 bridgehead atoms. The minimum absolute atomic E-state index is 0.293. The fraction of sp³-hybridized carbons (Fsp3) is 0.231. The summed E-state index contributed by atoms with van der Waals surface area (Å²) in [6.45, 7) is 0.353. The molecule has 0 spiro atoms. The summed E-state index contributed by atoms with van der Waals surface area (Å²) in [5.41, 5.74) is 5.95. The largest absolute Gasteiger partial charge is 0.497 e. The quantitative estimate of drug-likeness (QED) is 0.921. The van der Waals surface area contributed by atoms with Crippen LogP contribution in [-0.2, 0) is 0 Å². The van der Waals surface area contributed by atoms with Crippen molar-refractivity contribution in [2.24, 2.45) is 5.73 Å². The fourth-order valence-electron chi connectivity index (χ4n) is 1.47. The first-order valence-electron chi connectivity index (χ1n) is 5.46. The lowest BCUT2D eigenvalue weighted by Gasteiger charge is -2.11. The fourth-order valence-corrected chi connectivity index (χ4v) is 1.79. The van der Waals surface area contributed by atoms with E-state index in [1.165, 1.54) is 0 Å². The molecule has 0 aliphatic carbocycles. The molecular weight excluding hydrogens is 298 g/mol. The van der Waals surface area contributed by atoms with Gasteiger partial charge in [0.25, 0.3) is 0 Å². The van der Waals surface area contributed by atoms with Gasteiger partial charge in [-0.25, -0.2) is 0 Å². The van der Waals surface area contributed by atoms with Crippen molar-refractivity contribution in [3.05, 3.63) is 46.8 Å². The van der Waals surface area contributed by atoms with Crippen molar-refractivity contribution >= 4 is 15.9 Å². The van der Waals surface area contributed by atoms with E-state index in [0.717, 1.165) is 11.5 Å². The molecule has 0 amide bonds. The molecule has 4 nitrogen and oxygen atoms in total. The van der Waals surface area contributed by atoms with Crippen LogP contribution in [-0.4, -0.2) is 13.7 Å². The molecule has 2 N–H and O–H groups in total. The van der Waals surface area contributed by atoms with Crippen LogP contribution in [0.1, 0.15) is 11.8 Å². The van der Waals surface area contributed by atoms with E-state index in [2.05, 4.69) is 15.9 Å². The number of furan rings is 1. The second-order valence-electron chi connectivity index (χ2n) is 3.73. The average Bonchev–Trinajstić information content (AvgIpc) is 2.83. The highest BCUT2D eigenvalue weighted by Gasteiger charge is 2.11. The summed E-state index contributed by atoms with van der Waals surface area (Å²) < 4.78 is 16.7. The number of rotatable bonds is 5. The second-order valence-corrected chi connectivity index (χ2v) is 4.52. The molecule has 0 radical (unpaired) electrons. The van der Waals surface area contributed by atoms with Gasteiger partial charge in [0.1, 0.15) is 23.9 Å². The van der Waals surface area contributed by atoms with Crippen LogP contribution in [0.4, 0.5) is 0 Å². The number of hydrogen-bond donors (Lipinski definition) is 1. The highest BCUT2D eigenvalue weighted by atomic mass is 79.9. The van der Waals surface area contributed by atoms with E-state index in [4.69, 9.17) is 19.6 Å². The maximum absolute atomic E-state index is 5.95. The minimum atomic E-state index is -0.293. The van der Waals surface area contributed by atoms with E-state index in [1.54, 1.807) is 7.11 Å². The molecule has 1 atom stereocenters. The van der Waals surface area contributed by atoms with Crippen LogP contribution in [0.2, 0.25) is 0 Å². The monoisotopic (exact) mass is 311 g/mol.